The van der Waals surface area contributed by atoms with Gasteiger partial charge in [-0.15, -0.1) is 0 Å². The van der Waals surface area contributed by atoms with Crippen molar-refractivity contribution in [2.24, 2.45) is 0 Å². The number of ether oxygens (including phenoxy) is 1. The Labute approximate surface area is 135 Å². The Balaban J connectivity index is 1.84. The van der Waals surface area contributed by atoms with Crippen LogP contribution in [0.5, 0.6) is 5.75 Å². The van der Waals surface area contributed by atoms with Crippen molar-refractivity contribution in [2.45, 2.75) is 33.2 Å². The molecule has 0 aliphatic heterocycles. The maximum Gasteiger partial charge on any atom is 0.223 e. The van der Waals surface area contributed by atoms with Gasteiger partial charge in [-0.25, -0.2) is 0 Å². The van der Waals surface area contributed by atoms with E-state index in [9.17, 15) is 4.79 Å². The molecule has 0 atom stereocenters. The maximum absolute atomic E-state index is 12.1. The van der Waals surface area contributed by atoms with Crippen molar-refractivity contribution in [3.05, 3.63) is 64.2 Å². The summed E-state index contributed by atoms with van der Waals surface area (Å²) >= 11 is 0. The van der Waals surface area contributed by atoms with E-state index in [0.717, 1.165) is 18.5 Å². The predicted molar refractivity (Wildman–Crippen MR) is 93.3 cm³/mol. The lowest BCUT2D eigenvalue weighted by Crippen LogP contribution is -2.11. The fraction of sp³-hybridized carbons (Fsp3) is 0.316. The standard InChI is InChI=1S/C19H22N2O2/c1-3-9-23-19-12-20-16(11-18(19)22)13-21-8-7-15-10-14(4-2)5-6-17(15)21/h5-8,10-12H,3-4,9,13H2,1-2H3,(H,20,22). The Bertz CT molecular complexity index is 861. The van der Waals surface area contributed by atoms with Crippen LogP contribution < -0.4 is 10.2 Å². The zero-order valence-electron chi connectivity index (χ0n) is 13.6. The Hall–Kier alpha value is -2.49. The van der Waals surface area contributed by atoms with Gasteiger partial charge in [-0.2, -0.15) is 0 Å². The molecule has 0 saturated heterocycles. The van der Waals surface area contributed by atoms with Crippen LogP contribution in [0.25, 0.3) is 10.9 Å². The monoisotopic (exact) mass is 310 g/mol. The summed E-state index contributed by atoms with van der Waals surface area (Å²) in [6, 6.07) is 10.3. The highest BCUT2D eigenvalue weighted by molar-refractivity contribution is 5.81. The molecule has 23 heavy (non-hydrogen) atoms. The Kier molecular flexibility index (Phi) is 4.51. The van der Waals surface area contributed by atoms with Gasteiger partial charge in [-0.05, 0) is 42.0 Å². The Morgan fingerprint density at radius 2 is 2.04 bits per heavy atom. The van der Waals surface area contributed by atoms with Crippen LogP contribution in [0.4, 0.5) is 0 Å². The molecule has 1 aromatic carbocycles. The number of benzene rings is 1. The molecule has 1 N–H and O–H groups in total. The summed E-state index contributed by atoms with van der Waals surface area (Å²) in [6.07, 6.45) is 5.64. The van der Waals surface area contributed by atoms with Crippen molar-refractivity contribution in [2.75, 3.05) is 6.61 Å². The van der Waals surface area contributed by atoms with E-state index >= 15 is 0 Å². The van der Waals surface area contributed by atoms with E-state index in [4.69, 9.17) is 4.74 Å². The van der Waals surface area contributed by atoms with Crippen LogP contribution in [-0.4, -0.2) is 16.2 Å². The third kappa shape index (κ3) is 3.31. The van der Waals surface area contributed by atoms with Crippen LogP contribution in [0.3, 0.4) is 0 Å². The zero-order valence-corrected chi connectivity index (χ0v) is 13.6. The summed E-state index contributed by atoms with van der Waals surface area (Å²) in [6.45, 7) is 5.37. The van der Waals surface area contributed by atoms with Crippen LogP contribution in [0.2, 0.25) is 0 Å². The van der Waals surface area contributed by atoms with Gasteiger partial charge in [0.1, 0.15) is 0 Å². The van der Waals surface area contributed by atoms with Gasteiger partial charge in [0.05, 0.1) is 13.2 Å². The number of aromatic amines is 1. The maximum atomic E-state index is 12.1. The molecule has 120 valence electrons. The summed E-state index contributed by atoms with van der Waals surface area (Å²) < 4.78 is 7.57. The Morgan fingerprint density at radius 3 is 2.78 bits per heavy atom. The largest absolute Gasteiger partial charge is 0.488 e. The highest BCUT2D eigenvalue weighted by Crippen LogP contribution is 2.19. The van der Waals surface area contributed by atoms with Crippen molar-refractivity contribution in [1.29, 1.82) is 0 Å². The third-order valence-corrected chi connectivity index (χ3v) is 3.98. The molecular weight excluding hydrogens is 288 g/mol. The minimum absolute atomic E-state index is 0.0723. The fourth-order valence-corrected chi connectivity index (χ4v) is 2.71. The molecule has 0 aliphatic carbocycles. The molecule has 3 rings (SSSR count). The van der Waals surface area contributed by atoms with E-state index in [-0.39, 0.29) is 5.43 Å². The van der Waals surface area contributed by atoms with Crippen molar-refractivity contribution >= 4 is 10.9 Å². The smallest absolute Gasteiger partial charge is 0.223 e. The SMILES string of the molecule is CCCOc1c[nH]c(Cn2ccc3cc(CC)ccc32)cc1=O. The average molecular weight is 310 g/mol. The normalized spacial score (nSPS) is 11.0. The number of H-pyrrole nitrogens is 1. The first-order chi connectivity index (χ1) is 11.2. The number of pyridine rings is 1. The van der Waals surface area contributed by atoms with Gasteiger partial charge >= 0.3 is 0 Å². The van der Waals surface area contributed by atoms with Gasteiger partial charge in [-0.1, -0.05) is 19.9 Å². The van der Waals surface area contributed by atoms with Gasteiger partial charge in [0.2, 0.25) is 5.43 Å². The van der Waals surface area contributed by atoms with E-state index < -0.39 is 0 Å². The number of nitrogens with zero attached hydrogens (tertiary/aromatic N) is 1. The fourth-order valence-electron chi connectivity index (χ4n) is 2.71. The second-order valence-electron chi connectivity index (χ2n) is 5.73. The van der Waals surface area contributed by atoms with E-state index in [1.807, 2.05) is 6.92 Å². The molecule has 0 unspecified atom stereocenters. The second-order valence-corrected chi connectivity index (χ2v) is 5.73. The molecule has 4 heteroatoms. The van der Waals surface area contributed by atoms with Gasteiger partial charge in [0, 0.05) is 29.7 Å². The molecule has 0 bridgehead atoms. The van der Waals surface area contributed by atoms with Gasteiger partial charge in [0.15, 0.2) is 5.75 Å². The minimum atomic E-state index is -0.0723. The summed E-state index contributed by atoms with van der Waals surface area (Å²) in [4.78, 5) is 15.2. The molecule has 0 amide bonds. The summed E-state index contributed by atoms with van der Waals surface area (Å²) in [5.74, 6) is 0.389. The second kappa shape index (κ2) is 6.73. The highest BCUT2D eigenvalue weighted by atomic mass is 16.5. The molecule has 3 aromatic rings. The quantitative estimate of drug-likeness (QED) is 0.754. The van der Waals surface area contributed by atoms with Crippen LogP contribution in [0.15, 0.2) is 47.5 Å². The van der Waals surface area contributed by atoms with Crippen molar-refractivity contribution in [3.8, 4) is 5.75 Å². The molecule has 0 spiro atoms. The van der Waals surface area contributed by atoms with E-state index in [0.29, 0.717) is 18.9 Å². The average Bonchev–Trinajstić information content (AvgIpc) is 2.96. The Morgan fingerprint density at radius 1 is 1.17 bits per heavy atom. The third-order valence-electron chi connectivity index (χ3n) is 3.98. The first-order valence-electron chi connectivity index (χ1n) is 8.13. The number of aromatic nitrogens is 2. The number of hydrogen-bond donors (Lipinski definition) is 1. The minimum Gasteiger partial charge on any atom is -0.488 e. The lowest BCUT2D eigenvalue weighted by Gasteiger charge is -2.08. The van der Waals surface area contributed by atoms with Gasteiger partial charge in [0.25, 0.3) is 0 Å². The van der Waals surface area contributed by atoms with Crippen LogP contribution >= 0.6 is 0 Å². The summed E-state index contributed by atoms with van der Waals surface area (Å²) in [5.41, 5.74) is 3.31. The molecule has 0 aliphatic rings. The van der Waals surface area contributed by atoms with Gasteiger partial charge in [-0.3, -0.25) is 4.79 Å². The lowest BCUT2D eigenvalue weighted by atomic mass is 10.1. The van der Waals surface area contributed by atoms with Crippen LogP contribution in [0, 0.1) is 0 Å². The zero-order chi connectivity index (χ0) is 16.2. The number of aryl methyl sites for hydroxylation is 1. The predicted octanol–water partition coefficient (Wildman–Crippen LogP) is 3.73. The van der Waals surface area contributed by atoms with Gasteiger partial charge < -0.3 is 14.3 Å². The number of rotatable bonds is 6. The molecular formula is C19H22N2O2. The first kappa shape index (κ1) is 15.4. The number of fused-ring (bicyclic) bond motifs is 1. The van der Waals surface area contributed by atoms with Crippen molar-refractivity contribution in [3.63, 3.8) is 0 Å². The van der Waals surface area contributed by atoms with Crippen LogP contribution in [-0.2, 0) is 13.0 Å². The molecule has 2 heterocycles. The molecule has 4 nitrogen and oxygen atoms in total. The topological polar surface area (TPSA) is 47.0 Å². The van der Waals surface area contributed by atoms with E-state index in [2.05, 4.69) is 46.9 Å². The first-order valence-corrected chi connectivity index (χ1v) is 8.13. The van der Waals surface area contributed by atoms with E-state index in [1.54, 1.807) is 12.3 Å². The molecule has 2 aromatic heterocycles. The van der Waals surface area contributed by atoms with Crippen LogP contribution in [0.1, 0.15) is 31.5 Å². The number of hydrogen-bond acceptors (Lipinski definition) is 2. The summed E-state index contributed by atoms with van der Waals surface area (Å²) in [7, 11) is 0. The summed E-state index contributed by atoms with van der Waals surface area (Å²) in [5, 5.41) is 1.23. The van der Waals surface area contributed by atoms with Crippen molar-refractivity contribution < 1.29 is 4.74 Å². The molecule has 0 saturated carbocycles. The molecule has 0 radical (unpaired) electrons. The van der Waals surface area contributed by atoms with Crippen molar-refractivity contribution in [1.82, 2.24) is 9.55 Å². The lowest BCUT2D eigenvalue weighted by molar-refractivity contribution is 0.313. The highest BCUT2D eigenvalue weighted by Gasteiger charge is 2.06. The van der Waals surface area contributed by atoms with E-state index in [1.165, 1.54) is 16.5 Å². The number of nitrogens with one attached hydrogen (secondary N) is 1. The molecule has 0 fully saturated rings.